The summed E-state index contributed by atoms with van der Waals surface area (Å²) in [6, 6.07) is 4.63. The van der Waals surface area contributed by atoms with Crippen LogP contribution in [0.25, 0.3) is 0 Å². The van der Waals surface area contributed by atoms with Gasteiger partial charge in [0.1, 0.15) is 0 Å². The molecular formula is C9H5IO4. The van der Waals surface area contributed by atoms with Crippen molar-refractivity contribution in [1.82, 2.24) is 0 Å². The maximum atomic E-state index is 11.4. The molecule has 0 radical (unpaired) electrons. The van der Waals surface area contributed by atoms with Crippen molar-refractivity contribution in [2.24, 2.45) is 0 Å². The van der Waals surface area contributed by atoms with E-state index in [1.807, 2.05) is 22.6 Å². The molecule has 1 aliphatic rings. The highest BCUT2D eigenvalue weighted by Crippen LogP contribution is 2.31. The second kappa shape index (κ2) is 2.85. The summed E-state index contributed by atoms with van der Waals surface area (Å²) in [5.41, 5.74) is 0.176. The molecule has 72 valence electrons. The molecule has 1 aromatic carbocycles. The van der Waals surface area contributed by atoms with Crippen LogP contribution in [0.3, 0.4) is 0 Å². The van der Waals surface area contributed by atoms with E-state index in [0.29, 0.717) is 3.57 Å². The van der Waals surface area contributed by atoms with Crippen LogP contribution in [0.2, 0.25) is 0 Å². The van der Waals surface area contributed by atoms with Gasteiger partial charge in [-0.25, -0.2) is 0 Å². The van der Waals surface area contributed by atoms with E-state index < -0.39 is 17.4 Å². The van der Waals surface area contributed by atoms with Gasteiger partial charge in [0, 0.05) is 14.7 Å². The van der Waals surface area contributed by atoms with E-state index in [0.717, 1.165) is 0 Å². The number of rotatable bonds is 0. The van der Waals surface area contributed by atoms with Crippen LogP contribution < -0.4 is 0 Å². The highest BCUT2D eigenvalue weighted by molar-refractivity contribution is 14.1. The molecule has 0 saturated carbocycles. The first-order valence-corrected chi connectivity index (χ1v) is 4.87. The Morgan fingerprint density at radius 2 is 1.79 bits per heavy atom. The maximum absolute atomic E-state index is 11.4. The molecule has 0 saturated heterocycles. The Kier molecular flexibility index (Phi) is 1.98. The van der Waals surface area contributed by atoms with Gasteiger partial charge in [-0.3, -0.25) is 9.59 Å². The minimum Gasteiger partial charge on any atom is -0.353 e. The lowest BCUT2D eigenvalue weighted by Crippen LogP contribution is -2.40. The van der Waals surface area contributed by atoms with Crippen molar-refractivity contribution in [2.75, 3.05) is 0 Å². The Labute approximate surface area is 92.7 Å². The van der Waals surface area contributed by atoms with Gasteiger partial charge in [0.2, 0.25) is 11.6 Å². The zero-order valence-electron chi connectivity index (χ0n) is 6.82. The minimum absolute atomic E-state index is 0.0758. The summed E-state index contributed by atoms with van der Waals surface area (Å²) in [4.78, 5) is 22.8. The van der Waals surface area contributed by atoms with Gasteiger partial charge in [0.15, 0.2) is 0 Å². The summed E-state index contributed by atoms with van der Waals surface area (Å²) in [6.07, 6.45) is 0. The summed E-state index contributed by atoms with van der Waals surface area (Å²) in [6.45, 7) is 0. The largest absolute Gasteiger partial charge is 0.353 e. The molecule has 0 bridgehead atoms. The van der Waals surface area contributed by atoms with Gasteiger partial charge in [-0.05, 0) is 28.7 Å². The second-order valence-electron chi connectivity index (χ2n) is 2.99. The normalized spacial score (nSPS) is 18.5. The number of fused-ring (bicyclic) bond motifs is 1. The number of halogens is 1. The zero-order valence-corrected chi connectivity index (χ0v) is 8.98. The van der Waals surface area contributed by atoms with Crippen LogP contribution >= 0.6 is 22.6 Å². The summed E-state index contributed by atoms with van der Waals surface area (Å²) >= 11 is 1.87. The average molecular weight is 304 g/mol. The van der Waals surface area contributed by atoms with Gasteiger partial charge in [-0.15, -0.1) is 0 Å². The van der Waals surface area contributed by atoms with E-state index in [1.165, 1.54) is 6.07 Å². The summed E-state index contributed by atoms with van der Waals surface area (Å²) in [5, 5.41) is 18.5. The molecule has 0 heterocycles. The molecule has 0 spiro atoms. The molecule has 1 aliphatic carbocycles. The predicted molar refractivity (Wildman–Crippen MR) is 55.0 cm³/mol. The van der Waals surface area contributed by atoms with Gasteiger partial charge in [0.25, 0.3) is 5.79 Å². The van der Waals surface area contributed by atoms with Crippen LogP contribution in [0, 0.1) is 3.57 Å². The second-order valence-corrected chi connectivity index (χ2v) is 4.16. The molecule has 0 fully saturated rings. The Balaban J connectivity index is 2.77. The molecule has 0 aliphatic heterocycles. The predicted octanol–water partition coefficient (Wildman–Crippen LogP) is 0.351. The number of aliphatic hydroxyl groups is 2. The molecule has 1 aromatic rings. The molecule has 2 rings (SSSR count). The van der Waals surface area contributed by atoms with Crippen molar-refractivity contribution >= 4 is 34.2 Å². The van der Waals surface area contributed by atoms with Crippen molar-refractivity contribution in [1.29, 1.82) is 0 Å². The Morgan fingerprint density at radius 3 is 2.36 bits per heavy atom. The van der Waals surface area contributed by atoms with Gasteiger partial charge in [-0.1, -0.05) is 12.1 Å². The minimum atomic E-state index is -2.87. The first-order valence-electron chi connectivity index (χ1n) is 3.79. The molecule has 0 atom stereocenters. The molecule has 14 heavy (non-hydrogen) atoms. The van der Waals surface area contributed by atoms with E-state index in [-0.39, 0.29) is 11.1 Å². The number of benzene rings is 1. The standard InChI is InChI=1S/C9H5IO4/c10-5-3-1-2-4-6(5)8(12)9(13,14)7(4)11/h1-3,13-14H. The quantitative estimate of drug-likeness (QED) is 0.412. The van der Waals surface area contributed by atoms with Gasteiger partial charge in [0.05, 0.1) is 0 Å². The van der Waals surface area contributed by atoms with Gasteiger partial charge < -0.3 is 10.2 Å². The lowest BCUT2D eigenvalue weighted by molar-refractivity contribution is -0.0857. The molecule has 4 nitrogen and oxygen atoms in total. The molecule has 2 N–H and O–H groups in total. The fourth-order valence-electron chi connectivity index (χ4n) is 1.41. The first kappa shape index (κ1) is 9.75. The number of hydrogen-bond donors (Lipinski definition) is 2. The van der Waals surface area contributed by atoms with Gasteiger partial charge in [-0.2, -0.15) is 0 Å². The van der Waals surface area contributed by atoms with Crippen molar-refractivity contribution < 1.29 is 19.8 Å². The van der Waals surface area contributed by atoms with Crippen LogP contribution in [-0.2, 0) is 0 Å². The first-order chi connectivity index (χ1) is 6.46. The van der Waals surface area contributed by atoms with E-state index in [1.54, 1.807) is 12.1 Å². The Hall–Kier alpha value is -0.790. The van der Waals surface area contributed by atoms with Crippen LogP contribution in [0.5, 0.6) is 0 Å². The Morgan fingerprint density at radius 1 is 1.14 bits per heavy atom. The molecule has 0 amide bonds. The lowest BCUT2D eigenvalue weighted by atomic mass is 10.1. The third-order valence-electron chi connectivity index (χ3n) is 2.12. The number of Topliss-reactive ketones (excluding diaryl/α,β-unsaturated/α-hetero) is 2. The summed E-state index contributed by atoms with van der Waals surface area (Å²) in [5.74, 6) is -4.76. The average Bonchev–Trinajstić information content (AvgIpc) is 2.30. The summed E-state index contributed by atoms with van der Waals surface area (Å²) < 4.78 is 0.545. The third kappa shape index (κ3) is 1.06. The highest BCUT2D eigenvalue weighted by atomic mass is 127. The maximum Gasteiger partial charge on any atom is 0.295 e. The van der Waals surface area contributed by atoms with E-state index in [9.17, 15) is 19.8 Å². The lowest BCUT2D eigenvalue weighted by Gasteiger charge is -2.08. The van der Waals surface area contributed by atoms with E-state index in [4.69, 9.17) is 0 Å². The van der Waals surface area contributed by atoms with E-state index >= 15 is 0 Å². The van der Waals surface area contributed by atoms with Gasteiger partial charge >= 0.3 is 0 Å². The number of ketones is 2. The number of carbonyl (C=O) groups is 2. The van der Waals surface area contributed by atoms with Crippen molar-refractivity contribution in [2.45, 2.75) is 5.79 Å². The fraction of sp³-hybridized carbons (Fsp3) is 0.111. The topological polar surface area (TPSA) is 74.6 Å². The van der Waals surface area contributed by atoms with E-state index in [2.05, 4.69) is 0 Å². The van der Waals surface area contributed by atoms with Crippen LogP contribution in [0.15, 0.2) is 18.2 Å². The Bertz CT molecular complexity index is 450. The number of hydrogen-bond acceptors (Lipinski definition) is 4. The molecule has 5 heteroatoms. The number of carbonyl (C=O) groups excluding carboxylic acids is 2. The molecule has 0 unspecified atom stereocenters. The highest BCUT2D eigenvalue weighted by Gasteiger charge is 2.51. The summed E-state index contributed by atoms with van der Waals surface area (Å²) in [7, 11) is 0. The van der Waals surface area contributed by atoms with Crippen molar-refractivity contribution in [3.63, 3.8) is 0 Å². The molecular weight excluding hydrogens is 299 g/mol. The zero-order chi connectivity index (χ0) is 10.5. The van der Waals surface area contributed by atoms with Crippen molar-refractivity contribution in [3.8, 4) is 0 Å². The van der Waals surface area contributed by atoms with Crippen molar-refractivity contribution in [3.05, 3.63) is 32.9 Å². The SMILES string of the molecule is O=C1c2cccc(I)c2C(=O)C1(O)O. The molecule has 0 aromatic heterocycles. The van der Waals surface area contributed by atoms with Crippen LogP contribution in [0.1, 0.15) is 20.7 Å². The fourth-order valence-corrected chi connectivity index (χ4v) is 2.15. The van der Waals surface area contributed by atoms with Crippen LogP contribution in [-0.4, -0.2) is 27.6 Å². The monoisotopic (exact) mass is 304 g/mol. The smallest absolute Gasteiger partial charge is 0.295 e. The van der Waals surface area contributed by atoms with Crippen LogP contribution in [0.4, 0.5) is 0 Å². The third-order valence-corrected chi connectivity index (χ3v) is 3.02.